The third-order valence-corrected chi connectivity index (χ3v) is 7.32. The first-order valence-electron chi connectivity index (χ1n) is 11.7. The maximum absolute atomic E-state index is 13.8. The summed E-state index contributed by atoms with van der Waals surface area (Å²) in [5.41, 5.74) is 1.32. The molecule has 6 nitrogen and oxygen atoms in total. The van der Waals surface area contributed by atoms with Gasteiger partial charge in [0.2, 0.25) is 0 Å². The smallest absolute Gasteiger partial charge is 0.301 e. The molecule has 1 aliphatic heterocycles. The zero-order valence-electron chi connectivity index (χ0n) is 19.8. The number of aliphatic hydroxyl groups is 1. The Morgan fingerprint density at radius 3 is 2.68 bits per heavy atom. The van der Waals surface area contributed by atoms with Crippen LogP contribution in [0.25, 0.3) is 16.0 Å². The van der Waals surface area contributed by atoms with Crippen LogP contribution in [0, 0.1) is 5.82 Å². The van der Waals surface area contributed by atoms with Crippen LogP contribution in [0.5, 0.6) is 5.75 Å². The van der Waals surface area contributed by atoms with Gasteiger partial charge in [-0.2, -0.15) is 0 Å². The van der Waals surface area contributed by atoms with Crippen LogP contribution in [0.15, 0.2) is 72.3 Å². The summed E-state index contributed by atoms with van der Waals surface area (Å²) in [4.78, 5) is 32.5. The first kappa shape index (κ1) is 24.9. The second kappa shape index (κ2) is 10.3. The van der Waals surface area contributed by atoms with Crippen LogP contribution in [0.4, 0.5) is 9.52 Å². The minimum absolute atomic E-state index is 0.0801. The summed E-state index contributed by atoms with van der Waals surface area (Å²) < 4.78 is 20.2. The molecular formula is C28H22ClFN2O4S. The second-order valence-corrected chi connectivity index (χ2v) is 10.0. The molecule has 0 spiro atoms. The standard InChI is InChI=1S/C28H22ClFN2O4S/c1-2-3-13-36-20-6-4-5-17(14-20)24-23(25(33)16-7-9-18(29)10-8-16)26(34)27(35)32(24)28-31-21-12-11-19(30)15-22(21)37-28/h4-12,14-15,24,33H,2-3,13H2,1H3/b25-23+. The third kappa shape index (κ3) is 4.82. The summed E-state index contributed by atoms with van der Waals surface area (Å²) in [6, 6.07) is 16.6. The number of hydrogen-bond donors (Lipinski definition) is 1. The van der Waals surface area contributed by atoms with E-state index in [9.17, 15) is 19.1 Å². The molecule has 1 unspecified atom stereocenters. The van der Waals surface area contributed by atoms with Crippen LogP contribution in [-0.4, -0.2) is 28.4 Å². The number of aromatic nitrogens is 1. The van der Waals surface area contributed by atoms with Gasteiger partial charge in [-0.05, 0) is 66.6 Å². The Balaban J connectivity index is 1.67. The van der Waals surface area contributed by atoms with Gasteiger partial charge in [-0.1, -0.05) is 48.4 Å². The van der Waals surface area contributed by atoms with E-state index in [1.165, 1.54) is 23.1 Å². The van der Waals surface area contributed by atoms with E-state index in [-0.39, 0.29) is 16.5 Å². The summed E-state index contributed by atoms with van der Waals surface area (Å²) >= 11 is 7.09. The number of carbonyl (C=O) groups excluding carboxylic acids is 2. The minimum Gasteiger partial charge on any atom is -0.507 e. The Kier molecular flexibility index (Phi) is 6.95. The highest BCUT2D eigenvalue weighted by molar-refractivity contribution is 7.22. The lowest BCUT2D eigenvalue weighted by atomic mass is 9.95. The molecule has 0 radical (unpaired) electrons. The Hall–Kier alpha value is -3.75. The third-order valence-electron chi connectivity index (χ3n) is 6.05. The van der Waals surface area contributed by atoms with E-state index >= 15 is 0 Å². The lowest BCUT2D eigenvalue weighted by Crippen LogP contribution is -2.29. The van der Waals surface area contributed by atoms with Crippen molar-refractivity contribution in [2.24, 2.45) is 0 Å². The summed E-state index contributed by atoms with van der Waals surface area (Å²) in [6.07, 6.45) is 1.85. The Bertz CT molecular complexity index is 1530. The average molecular weight is 537 g/mol. The number of nitrogens with zero attached hydrogens (tertiary/aromatic N) is 2. The molecule has 188 valence electrons. The number of benzene rings is 3. The zero-order chi connectivity index (χ0) is 26.1. The van der Waals surface area contributed by atoms with E-state index in [1.807, 2.05) is 0 Å². The number of ether oxygens (including phenoxy) is 1. The van der Waals surface area contributed by atoms with Gasteiger partial charge in [0.05, 0.1) is 28.4 Å². The van der Waals surface area contributed by atoms with Crippen LogP contribution in [0.3, 0.4) is 0 Å². The van der Waals surface area contributed by atoms with E-state index in [2.05, 4.69) is 11.9 Å². The highest BCUT2D eigenvalue weighted by Gasteiger charge is 2.48. The maximum Gasteiger partial charge on any atom is 0.301 e. The molecule has 0 bridgehead atoms. The fraction of sp³-hybridized carbons (Fsp3) is 0.179. The van der Waals surface area contributed by atoms with Gasteiger partial charge in [0.1, 0.15) is 17.3 Å². The molecule has 0 saturated carbocycles. The van der Waals surface area contributed by atoms with Crippen LogP contribution in [0.1, 0.15) is 36.9 Å². The number of ketones is 1. The topological polar surface area (TPSA) is 79.7 Å². The molecule has 37 heavy (non-hydrogen) atoms. The van der Waals surface area contributed by atoms with Gasteiger partial charge in [0.15, 0.2) is 5.13 Å². The number of amides is 1. The molecule has 1 N–H and O–H groups in total. The molecule has 0 aliphatic carbocycles. The first-order valence-corrected chi connectivity index (χ1v) is 12.9. The van der Waals surface area contributed by atoms with Crippen LogP contribution < -0.4 is 9.64 Å². The van der Waals surface area contributed by atoms with E-state index in [0.29, 0.717) is 38.7 Å². The summed E-state index contributed by atoms with van der Waals surface area (Å²) in [6.45, 7) is 2.59. The highest BCUT2D eigenvalue weighted by Crippen LogP contribution is 2.45. The molecule has 1 amide bonds. The van der Waals surface area contributed by atoms with Crippen molar-refractivity contribution >= 4 is 55.7 Å². The molecule has 1 saturated heterocycles. The van der Waals surface area contributed by atoms with Crippen molar-refractivity contribution in [2.45, 2.75) is 25.8 Å². The average Bonchev–Trinajstić information content (AvgIpc) is 3.42. The van der Waals surface area contributed by atoms with Crippen molar-refractivity contribution in [3.8, 4) is 5.75 Å². The highest BCUT2D eigenvalue weighted by atomic mass is 35.5. The minimum atomic E-state index is -0.976. The predicted octanol–water partition coefficient (Wildman–Crippen LogP) is 6.89. The Labute approximate surface area is 221 Å². The molecule has 4 aromatic rings. The van der Waals surface area contributed by atoms with Crippen molar-refractivity contribution < 1.29 is 23.8 Å². The van der Waals surface area contributed by atoms with Crippen LogP contribution in [-0.2, 0) is 9.59 Å². The summed E-state index contributed by atoms with van der Waals surface area (Å²) in [5.74, 6) is -1.86. The molecule has 2 heterocycles. The molecular weight excluding hydrogens is 515 g/mol. The van der Waals surface area contributed by atoms with E-state index in [4.69, 9.17) is 16.3 Å². The number of Topliss-reactive ketones (excluding diaryl/α,β-unsaturated/α-hetero) is 1. The lowest BCUT2D eigenvalue weighted by molar-refractivity contribution is -0.132. The molecule has 9 heteroatoms. The fourth-order valence-corrected chi connectivity index (χ4v) is 5.35. The number of carbonyl (C=O) groups is 2. The monoisotopic (exact) mass is 536 g/mol. The maximum atomic E-state index is 13.8. The van der Waals surface area contributed by atoms with Gasteiger partial charge >= 0.3 is 5.91 Å². The molecule has 1 aliphatic rings. The number of hydrogen-bond acceptors (Lipinski definition) is 6. The van der Waals surface area contributed by atoms with Crippen molar-refractivity contribution in [1.82, 2.24) is 4.98 Å². The molecule has 1 aromatic heterocycles. The number of aliphatic hydroxyl groups excluding tert-OH is 1. The van der Waals surface area contributed by atoms with Gasteiger partial charge in [-0.3, -0.25) is 14.5 Å². The number of unbranched alkanes of at least 4 members (excludes halogenated alkanes) is 1. The molecule has 1 fully saturated rings. The van der Waals surface area contributed by atoms with Crippen LogP contribution >= 0.6 is 22.9 Å². The van der Waals surface area contributed by atoms with E-state index in [1.54, 1.807) is 48.5 Å². The normalized spacial score (nSPS) is 17.1. The number of rotatable bonds is 7. The Morgan fingerprint density at radius 2 is 1.92 bits per heavy atom. The fourth-order valence-electron chi connectivity index (χ4n) is 4.21. The van der Waals surface area contributed by atoms with Gasteiger partial charge < -0.3 is 9.84 Å². The lowest BCUT2D eigenvalue weighted by Gasteiger charge is -2.23. The first-order chi connectivity index (χ1) is 17.9. The van der Waals surface area contributed by atoms with Crippen molar-refractivity contribution in [3.63, 3.8) is 0 Å². The van der Waals surface area contributed by atoms with Crippen molar-refractivity contribution in [3.05, 3.63) is 94.3 Å². The Morgan fingerprint density at radius 1 is 1.14 bits per heavy atom. The van der Waals surface area contributed by atoms with Gasteiger partial charge in [0.25, 0.3) is 5.78 Å². The molecule has 1 atom stereocenters. The van der Waals surface area contributed by atoms with Crippen molar-refractivity contribution in [2.75, 3.05) is 11.5 Å². The number of fused-ring (bicyclic) bond motifs is 1. The predicted molar refractivity (Wildman–Crippen MR) is 143 cm³/mol. The van der Waals surface area contributed by atoms with Crippen molar-refractivity contribution in [1.29, 1.82) is 0 Å². The number of thiazole rings is 1. The quantitative estimate of drug-likeness (QED) is 0.120. The van der Waals surface area contributed by atoms with Crippen LogP contribution in [0.2, 0.25) is 5.02 Å². The zero-order valence-corrected chi connectivity index (χ0v) is 21.4. The SMILES string of the molecule is CCCCOc1cccc(C2/C(=C(\O)c3ccc(Cl)cc3)C(=O)C(=O)N2c2nc3ccc(F)cc3s2)c1. The van der Waals surface area contributed by atoms with E-state index < -0.39 is 23.5 Å². The van der Waals surface area contributed by atoms with Gasteiger partial charge in [-0.15, -0.1) is 0 Å². The summed E-state index contributed by atoms with van der Waals surface area (Å²) in [5, 5.41) is 11.9. The van der Waals surface area contributed by atoms with E-state index in [0.717, 1.165) is 24.2 Å². The summed E-state index contributed by atoms with van der Waals surface area (Å²) in [7, 11) is 0. The molecule has 5 rings (SSSR count). The second-order valence-electron chi connectivity index (χ2n) is 8.56. The number of anilines is 1. The number of halogens is 2. The largest absolute Gasteiger partial charge is 0.507 e. The molecule has 3 aromatic carbocycles. The van der Waals surface area contributed by atoms with Gasteiger partial charge in [-0.25, -0.2) is 9.37 Å². The van der Waals surface area contributed by atoms with Gasteiger partial charge in [0, 0.05) is 10.6 Å².